The third-order valence-electron chi connectivity index (χ3n) is 2.18. The number of rotatable bonds is 5. The van der Waals surface area contributed by atoms with Crippen molar-refractivity contribution < 1.29 is 14.7 Å². The van der Waals surface area contributed by atoms with Crippen molar-refractivity contribution in [3.63, 3.8) is 0 Å². The maximum Gasteiger partial charge on any atom is 0.305 e. The Balaban J connectivity index is 3.79. The summed E-state index contributed by atoms with van der Waals surface area (Å²) in [4.78, 5) is 21.5. The van der Waals surface area contributed by atoms with Gasteiger partial charge in [-0.15, -0.1) is 0 Å². The zero-order valence-corrected chi connectivity index (χ0v) is 9.54. The predicted octanol–water partition coefficient (Wildman–Crippen LogP) is 0.341. The standard InChI is InChI=1S/C10H20N2O3/c1-10(2,3)7(11)6-8(13)12-5-4-9(14)15/h7H,4-6,11H2,1-3H3,(H,12,13)(H,14,15). The molecule has 15 heavy (non-hydrogen) atoms. The van der Waals surface area contributed by atoms with Gasteiger partial charge in [0, 0.05) is 19.0 Å². The molecule has 0 aliphatic carbocycles. The molecule has 0 heterocycles. The van der Waals surface area contributed by atoms with Crippen molar-refractivity contribution in [3.05, 3.63) is 0 Å². The number of carboxylic acids is 1. The molecule has 0 aromatic heterocycles. The first kappa shape index (κ1) is 13.9. The van der Waals surface area contributed by atoms with Crippen molar-refractivity contribution >= 4 is 11.9 Å². The number of carboxylic acid groups (broad SMARTS) is 1. The largest absolute Gasteiger partial charge is 0.481 e. The zero-order valence-electron chi connectivity index (χ0n) is 9.54. The van der Waals surface area contributed by atoms with Crippen molar-refractivity contribution in [1.29, 1.82) is 0 Å². The van der Waals surface area contributed by atoms with Gasteiger partial charge in [-0.1, -0.05) is 20.8 Å². The van der Waals surface area contributed by atoms with E-state index in [0.29, 0.717) is 0 Å². The molecule has 0 fully saturated rings. The molecular formula is C10H20N2O3. The highest BCUT2D eigenvalue weighted by atomic mass is 16.4. The summed E-state index contributed by atoms with van der Waals surface area (Å²) in [5.41, 5.74) is 5.69. The molecule has 0 saturated heterocycles. The third kappa shape index (κ3) is 6.90. The molecule has 4 N–H and O–H groups in total. The summed E-state index contributed by atoms with van der Waals surface area (Å²) in [6, 6.07) is -0.220. The Labute approximate surface area is 90.0 Å². The summed E-state index contributed by atoms with van der Waals surface area (Å²) in [7, 11) is 0. The number of nitrogens with one attached hydrogen (secondary N) is 1. The Morgan fingerprint density at radius 3 is 2.33 bits per heavy atom. The van der Waals surface area contributed by atoms with E-state index in [9.17, 15) is 9.59 Å². The normalized spacial score (nSPS) is 13.3. The quantitative estimate of drug-likeness (QED) is 0.618. The van der Waals surface area contributed by atoms with Crippen molar-refractivity contribution in [1.82, 2.24) is 5.32 Å². The lowest BCUT2D eigenvalue weighted by molar-refractivity contribution is -0.136. The predicted molar refractivity (Wildman–Crippen MR) is 57.3 cm³/mol. The Bertz CT molecular complexity index is 233. The molecular weight excluding hydrogens is 196 g/mol. The number of nitrogens with two attached hydrogens (primary N) is 1. The van der Waals surface area contributed by atoms with Gasteiger partial charge in [0.05, 0.1) is 6.42 Å². The van der Waals surface area contributed by atoms with E-state index in [1.54, 1.807) is 0 Å². The van der Waals surface area contributed by atoms with Crippen LogP contribution < -0.4 is 11.1 Å². The number of hydrogen-bond acceptors (Lipinski definition) is 3. The van der Waals surface area contributed by atoms with Crippen LogP contribution in [0.1, 0.15) is 33.6 Å². The summed E-state index contributed by atoms with van der Waals surface area (Å²) in [6.07, 6.45) is 0.166. The molecule has 0 aromatic carbocycles. The fraction of sp³-hybridized carbons (Fsp3) is 0.800. The van der Waals surface area contributed by atoms with Crippen molar-refractivity contribution in [3.8, 4) is 0 Å². The first-order valence-corrected chi connectivity index (χ1v) is 4.97. The molecule has 1 amide bonds. The smallest absolute Gasteiger partial charge is 0.305 e. The van der Waals surface area contributed by atoms with Crippen molar-refractivity contribution in [2.45, 2.75) is 39.7 Å². The molecule has 1 unspecified atom stereocenters. The molecule has 1 atom stereocenters. The second-order valence-electron chi connectivity index (χ2n) is 4.67. The maximum atomic E-state index is 11.3. The van der Waals surface area contributed by atoms with Gasteiger partial charge in [0.1, 0.15) is 0 Å². The number of carbonyl (C=O) groups excluding carboxylic acids is 1. The Kier molecular flexibility index (Phi) is 5.28. The Hall–Kier alpha value is -1.10. The highest BCUT2D eigenvalue weighted by Crippen LogP contribution is 2.19. The maximum absolute atomic E-state index is 11.3. The molecule has 0 aliphatic heterocycles. The first-order chi connectivity index (χ1) is 6.73. The van der Waals surface area contributed by atoms with E-state index in [2.05, 4.69) is 5.32 Å². The van der Waals surface area contributed by atoms with Gasteiger partial charge in [0.2, 0.25) is 5.91 Å². The summed E-state index contributed by atoms with van der Waals surface area (Å²) >= 11 is 0. The fourth-order valence-electron chi connectivity index (χ4n) is 0.887. The number of hydrogen-bond donors (Lipinski definition) is 3. The van der Waals surface area contributed by atoms with E-state index in [-0.39, 0.29) is 36.8 Å². The fourth-order valence-corrected chi connectivity index (χ4v) is 0.887. The van der Waals surface area contributed by atoms with Gasteiger partial charge >= 0.3 is 5.97 Å². The van der Waals surface area contributed by atoms with Gasteiger partial charge in [-0.25, -0.2) is 0 Å². The molecule has 0 radical (unpaired) electrons. The van der Waals surface area contributed by atoms with Gasteiger partial charge in [-0.05, 0) is 5.41 Å². The minimum Gasteiger partial charge on any atom is -0.481 e. The number of aliphatic carboxylic acids is 1. The Morgan fingerprint density at radius 1 is 1.40 bits per heavy atom. The van der Waals surface area contributed by atoms with Crippen LogP contribution in [0.3, 0.4) is 0 Å². The summed E-state index contributed by atoms with van der Waals surface area (Å²) in [5, 5.41) is 10.9. The molecule has 5 nitrogen and oxygen atoms in total. The van der Waals surface area contributed by atoms with E-state index < -0.39 is 5.97 Å². The Morgan fingerprint density at radius 2 is 1.93 bits per heavy atom. The van der Waals surface area contributed by atoms with Crippen LogP contribution in [0, 0.1) is 5.41 Å². The van der Waals surface area contributed by atoms with Crippen LogP contribution in [-0.2, 0) is 9.59 Å². The van der Waals surface area contributed by atoms with Crippen LogP contribution in [0.15, 0.2) is 0 Å². The van der Waals surface area contributed by atoms with Crippen LogP contribution in [-0.4, -0.2) is 29.6 Å². The molecule has 88 valence electrons. The molecule has 0 spiro atoms. The zero-order chi connectivity index (χ0) is 12.1. The average Bonchev–Trinajstić information content (AvgIpc) is 2.01. The average molecular weight is 216 g/mol. The monoisotopic (exact) mass is 216 g/mol. The van der Waals surface area contributed by atoms with E-state index in [1.165, 1.54) is 0 Å². The molecule has 0 aromatic rings. The van der Waals surface area contributed by atoms with Crippen LogP contribution in [0.25, 0.3) is 0 Å². The summed E-state index contributed by atoms with van der Waals surface area (Å²) in [6.45, 7) is 6.04. The van der Waals surface area contributed by atoms with E-state index >= 15 is 0 Å². The van der Waals surface area contributed by atoms with Gasteiger partial charge < -0.3 is 16.2 Å². The van der Waals surface area contributed by atoms with Crippen molar-refractivity contribution in [2.75, 3.05) is 6.54 Å². The van der Waals surface area contributed by atoms with Crippen LogP contribution in [0.5, 0.6) is 0 Å². The molecule has 0 saturated carbocycles. The lowest BCUT2D eigenvalue weighted by atomic mass is 9.85. The van der Waals surface area contributed by atoms with E-state index in [1.807, 2.05) is 20.8 Å². The summed E-state index contributed by atoms with van der Waals surface area (Å²) < 4.78 is 0. The molecule has 5 heteroatoms. The second-order valence-corrected chi connectivity index (χ2v) is 4.67. The van der Waals surface area contributed by atoms with Crippen LogP contribution >= 0.6 is 0 Å². The van der Waals surface area contributed by atoms with Crippen LogP contribution in [0.2, 0.25) is 0 Å². The minimum absolute atomic E-state index is 0.0590. The first-order valence-electron chi connectivity index (χ1n) is 4.97. The molecule has 0 rings (SSSR count). The molecule has 0 bridgehead atoms. The lowest BCUT2D eigenvalue weighted by Gasteiger charge is -2.26. The third-order valence-corrected chi connectivity index (χ3v) is 2.18. The highest BCUT2D eigenvalue weighted by Gasteiger charge is 2.22. The van der Waals surface area contributed by atoms with Gasteiger partial charge in [0.15, 0.2) is 0 Å². The SMILES string of the molecule is CC(C)(C)C(N)CC(=O)NCCC(=O)O. The van der Waals surface area contributed by atoms with Gasteiger partial charge in [-0.2, -0.15) is 0 Å². The lowest BCUT2D eigenvalue weighted by Crippen LogP contribution is -2.40. The molecule has 0 aliphatic rings. The van der Waals surface area contributed by atoms with Crippen molar-refractivity contribution in [2.24, 2.45) is 11.1 Å². The summed E-state index contributed by atoms with van der Waals surface area (Å²) in [5.74, 6) is -1.12. The minimum atomic E-state index is -0.921. The second kappa shape index (κ2) is 5.70. The van der Waals surface area contributed by atoms with Crippen LogP contribution in [0.4, 0.5) is 0 Å². The van der Waals surface area contributed by atoms with E-state index in [0.717, 1.165) is 0 Å². The van der Waals surface area contributed by atoms with Gasteiger partial charge in [0.25, 0.3) is 0 Å². The number of amides is 1. The van der Waals surface area contributed by atoms with E-state index in [4.69, 9.17) is 10.8 Å². The highest BCUT2D eigenvalue weighted by molar-refractivity contribution is 5.77. The van der Waals surface area contributed by atoms with Gasteiger partial charge in [-0.3, -0.25) is 9.59 Å². The number of carbonyl (C=O) groups is 2. The topological polar surface area (TPSA) is 92.4 Å².